The first kappa shape index (κ1) is 16.6. The van der Waals surface area contributed by atoms with Gasteiger partial charge in [-0.2, -0.15) is 0 Å². The van der Waals surface area contributed by atoms with Gasteiger partial charge in [-0.1, -0.05) is 18.2 Å². The lowest BCUT2D eigenvalue weighted by atomic mass is 10.2. The molecule has 2 aromatic heterocycles. The third-order valence-electron chi connectivity index (χ3n) is 3.62. The number of benzene rings is 1. The van der Waals surface area contributed by atoms with Crippen molar-refractivity contribution >= 4 is 17.5 Å². The van der Waals surface area contributed by atoms with Gasteiger partial charge in [-0.3, -0.25) is 9.59 Å². The first-order valence-electron chi connectivity index (χ1n) is 7.90. The molecule has 3 aromatic rings. The Morgan fingerprint density at radius 3 is 2.20 bits per heavy atom. The first-order valence-corrected chi connectivity index (χ1v) is 7.90. The molecule has 0 radical (unpaired) electrons. The van der Waals surface area contributed by atoms with Crippen molar-refractivity contribution in [3.05, 3.63) is 78.6 Å². The number of para-hydroxylation sites is 1. The van der Waals surface area contributed by atoms with Gasteiger partial charge >= 0.3 is 0 Å². The molecule has 6 nitrogen and oxygen atoms in total. The topological polar surface area (TPSA) is 75.7 Å². The van der Waals surface area contributed by atoms with E-state index < -0.39 is 0 Å². The van der Waals surface area contributed by atoms with E-state index in [0.717, 1.165) is 5.69 Å². The molecule has 0 fully saturated rings. The third kappa shape index (κ3) is 3.98. The molecule has 2 heterocycles. The molecule has 1 aromatic carbocycles. The molecule has 0 aliphatic heterocycles. The van der Waals surface area contributed by atoms with Crippen LogP contribution in [-0.4, -0.2) is 24.4 Å². The molecule has 0 aliphatic rings. The maximum atomic E-state index is 12.8. The van der Waals surface area contributed by atoms with E-state index in [-0.39, 0.29) is 35.9 Å². The summed E-state index contributed by atoms with van der Waals surface area (Å²) in [6.45, 7) is 2.11. The molecule has 25 heavy (non-hydrogen) atoms. The van der Waals surface area contributed by atoms with Crippen LogP contribution in [0, 0.1) is 0 Å². The Balaban J connectivity index is 1.75. The van der Waals surface area contributed by atoms with Crippen molar-refractivity contribution in [2.24, 2.45) is 0 Å². The highest BCUT2D eigenvalue weighted by atomic mass is 16.3. The highest BCUT2D eigenvalue weighted by Gasteiger charge is 2.23. The number of anilines is 1. The smallest absolute Gasteiger partial charge is 0.294 e. The number of amides is 2. The Hall–Kier alpha value is -3.28. The molecule has 0 unspecified atom stereocenters. The summed E-state index contributed by atoms with van der Waals surface area (Å²) in [5, 5.41) is 2.83. The summed E-state index contributed by atoms with van der Waals surface area (Å²) in [5.74, 6) is -0.116. The Bertz CT molecular complexity index is 811. The maximum Gasteiger partial charge on any atom is 0.294 e. The summed E-state index contributed by atoms with van der Waals surface area (Å²) in [7, 11) is 0. The summed E-state index contributed by atoms with van der Waals surface area (Å²) < 4.78 is 10.3. The first-order chi connectivity index (χ1) is 12.1. The molecular weight excluding hydrogens is 320 g/mol. The van der Waals surface area contributed by atoms with Crippen LogP contribution in [0.5, 0.6) is 0 Å². The predicted molar refractivity (Wildman–Crippen MR) is 92.5 cm³/mol. The lowest BCUT2D eigenvalue weighted by molar-refractivity contribution is 0.0900. The third-order valence-corrected chi connectivity index (χ3v) is 3.62. The van der Waals surface area contributed by atoms with E-state index in [0.29, 0.717) is 0 Å². The van der Waals surface area contributed by atoms with Crippen molar-refractivity contribution in [3.63, 3.8) is 0 Å². The van der Waals surface area contributed by atoms with Crippen LogP contribution < -0.4 is 10.2 Å². The van der Waals surface area contributed by atoms with Crippen LogP contribution in [0.2, 0.25) is 0 Å². The van der Waals surface area contributed by atoms with Crippen LogP contribution in [0.25, 0.3) is 0 Å². The Labute approximate surface area is 145 Å². The Kier molecular flexibility index (Phi) is 4.99. The molecule has 0 bridgehead atoms. The largest absolute Gasteiger partial charge is 0.459 e. The number of furan rings is 2. The van der Waals surface area contributed by atoms with Crippen LogP contribution in [0.3, 0.4) is 0 Å². The number of rotatable bonds is 6. The van der Waals surface area contributed by atoms with E-state index in [1.807, 2.05) is 37.3 Å². The van der Waals surface area contributed by atoms with Gasteiger partial charge in [-0.05, 0) is 43.3 Å². The van der Waals surface area contributed by atoms with E-state index >= 15 is 0 Å². The van der Waals surface area contributed by atoms with Gasteiger partial charge in [0, 0.05) is 18.3 Å². The highest BCUT2D eigenvalue weighted by molar-refractivity contribution is 6.04. The zero-order chi connectivity index (χ0) is 17.6. The van der Waals surface area contributed by atoms with Gasteiger partial charge in [-0.15, -0.1) is 0 Å². The van der Waals surface area contributed by atoms with Gasteiger partial charge in [0.2, 0.25) is 0 Å². The zero-order valence-corrected chi connectivity index (χ0v) is 13.7. The summed E-state index contributed by atoms with van der Waals surface area (Å²) in [4.78, 5) is 26.4. The predicted octanol–water partition coefficient (Wildman–Crippen LogP) is 3.34. The minimum atomic E-state index is -0.323. The maximum absolute atomic E-state index is 12.8. The van der Waals surface area contributed by atoms with Crippen LogP contribution in [0.4, 0.5) is 5.69 Å². The molecule has 0 spiro atoms. The summed E-state index contributed by atoms with van der Waals surface area (Å²) in [5.41, 5.74) is 0.725. The molecule has 6 heteroatoms. The number of nitrogens with one attached hydrogen (secondary N) is 1. The van der Waals surface area contributed by atoms with Gasteiger partial charge in [0.15, 0.2) is 11.5 Å². The molecule has 2 amide bonds. The van der Waals surface area contributed by atoms with Crippen molar-refractivity contribution in [2.45, 2.75) is 13.0 Å². The van der Waals surface area contributed by atoms with E-state index in [2.05, 4.69) is 5.32 Å². The second-order valence-electron chi connectivity index (χ2n) is 5.58. The van der Waals surface area contributed by atoms with Crippen LogP contribution in [0.15, 0.2) is 76.0 Å². The van der Waals surface area contributed by atoms with Crippen molar-refractivity contribution in [3.8, 4) is 0 Å². The molecule has 0 aliphatic carbocycles. The molecule has 0 saturated carbocycles. The number of nitrogens with zero attached hydrogens (tertiary/aromatic N) is 1. The molecular formula is C19H18N2O4. The van der Waals surface area contributed by atoms with Crippen LogP contribution in [-0.2, 0) is 0 Å². The van der Waals surface area contributed by atoms with Gasteiger partial charge < -0.3 is 19.1 Å². The number of hydrogen-bond acceptors (Lipinski definition) is 4. The highest BCUT2D eigenvalue weighted by Crippen LogP contribution is 2.18. The Morgan fingerprint density at radius 1 is 0.960 bits per heavy atom. The van der Waals surface area contributed by atoms with Crippen LogP contribution >= 0.6 is 0 Å². The van der Waals surface area contributed by atoms with Crippen molar-refractivity contribution < 1.29 is 18.4 Å². The average Bonchev–Trinajstić information content (AvgIpc) is 3.33. The second kappa shape index (κ2) is 7.53. The summed E-state index contributed by atoms with van der Waals surface area (Å²) in [6.07, 6.45) is 2.90. The Morgan fingerprint density at radius 2 is 1.60 bits per heavy atom. The molecule has 1 atom stereocenters. The quantitative estimate of drug-likeness (QED) is 0.748. The molecule has 1 N–H and O–H groups in total. The fraction of sp³-hybridized carbons (Fsp3) is 0.158. The zero-order valence-electron chi connectivity index (χ0n) is 13.7. The van der Waals surface area contributed by atoms with Crippen molar-refractivity contribution in [1.29, 1.82) is 0 Å². The van der Waals surface area contributed by atoms with E-state index in [9.17, 15) is 9.59 Å². The standard InChI is InChI=1S/C19H18N2O4/c1-14(20-18(22)16-9-5-11-24-16)13-21(15-7-3-2-4-8-15)19(23)17-10-6-12-25-17/h2-12,14H,13H2,1H3,(H,20,22)/t14-/m1/s1. The lowest BCUT2D eigenvalue weighted by Gasteiger charge is -2.25. The van der Waals surface area contributed by atoms with E-state index in [1.165, 1.54) is 12.5 Å². The van der Waals surface area contributed by atoms with Gasteiger partial charge in [-0.25, -0.2) is 0 Å². The number of hydrogen-bond donors (Lipinski definition) is 1. The number of carbonyl (C=O) groups excluding carboxylic acids is 2. The van der Waals surface area contributed by atoms with Crippen molar-refractivity contribution in [2.75, 3.05) is 11.4 Å². The number of carbonyl (C=O) groups is 2. The minimum absolute atomic E-state index is 0.232. The molecule has 0 saturated heterocycles. The minimum Gasteiger partial charge on any atom is -0.459 e. The van der Waals surface area contributed by atoms with Gasteiger partial charge in [0.25, 0.3) is 11.8 Å². The molecule has 3 rings (SSSR count). The average molecular weight is 338 g/mol. The molecule has 128 valence electrons. The fourth-order valence-corrected chi connectivity index (χ4v) is 2.47. The normalized spacial score (nSPS) is 11.7. The fourth-order valence-electron chi connectivity index (χ4n) is 2.47. The monoisotopic (exact) mass is 338 g/mol. The van der Waals surface area contributed by atoms with Gasteiger partial charge in [0.1, 0.15) is 0 Å². The van der Waals surface area contributed by atoms with Gasteiger partial charge in [0.05, 0.1) is 12.5 Å². The summed E-state index contributed by atoms with van der Waals surface area (Å²) >= 11 is 0. The SMILES string of the molecule is C[C@H](CN(C(=O)c1ccco1)c1ccccc1)NC(=O)c1ccco1. The second-order valence-corrected chi connectivity index (χ2v) is 5.58. The van der Waals surface area contributed by atoms with Crippen molar-refractivity contribution in [1.82, 2.24) is 5.32 Å². The summed E-state index contributed by atoms with van der Waals surface area (Å²) in [6, 6.07) is 15.5. The lowest BCUT2D eigenvalue weighted by Crippen LogP contribution is -2.44. The van der Waals surface area contributed by atoms with Crippen LogP contribution in [0.1, 0.15) is 28.0 Å². The van der Waals surface area contributed by atoms with E-state index in [4.69, 9.17) is 8.83 Å². The van der Waals surface area contributed by atoms with E-state index in [1.54, 1.807) is 29.2 Å².